The highest BCUT2D eigenvalue weighted by Crippen LogP contribution is 2.29. The molecule has 0 aliphatic carbocycles. The number of aliphatic carboxylic acids is 1. The maximum atomic E-state index is 12.1. The standard InChI is InChI=1S/C13H20N2O4S/c1-7-9(20-12(15-7)13(2,3)4)10(16)14-6-8(19-5)11(17)18/h8H,6H2,1-5H3,(H,14,16)(H,17,18). The number of carboxylic acids is 1. The third-order valence-corrected chi connectivity index (χ3v) is 4.23. The fraction of sp³-hybridized carbons (Fsp3) is 0.615. The second-order valence-corrected chi connectivity index (χ2v) is 6.46. The highest BCUT2D eigenvalue weighted by molar-refractivity contribution is 7.14. The van der Waals surface area contributed by atoms with E-state index in [0.29, 0.717) is 10.6 Å². The lowest BCUT2D eigenvalue weighted by molar-refractivity contribution is -0.147. The molecule has 0 saturated carbocycles. The predicted molar refractivity (Wildman–Crippen MR) is 76.3 cm³/mol. The Morgan fingerprint density at radius 3 is 2.45 bits per heavy atom. The Kier molecular flexibility index (Phi) is 5.24. The number of hydrogen-bond acceptors (Lipinski definition) is 5. The molecular formula is C13H20N2O4S. The fourth-order valence-corrected chi connectivity index (χ4v) is 2.51. The molecular weight excluding hydrogens is 280 g/mol. The van der Waals surface area contributed by atoms with E-state index in [2.05, 4.69) is 10.3 Å². The molecule has 0 aliphatic rings. The lowest BCUT2D eigenvalue weighted by atomic mass is 9.98. The zero-order chi connectivity index (χ0) is 15.5. The first-order valence-electron chi connectivity index (χ1n) is 6.18. The van der Waals surface area contributed by atoms with Crippen LogP contribution in [-0.2, 0) is 14.9 Å². The number of thiazole rings is 1. The molecule has 1 unspecified atom stereocenters. The Morgan fingerprint density at radius 1 is 1.45 bits per heavy atom. The summed E-state index contributed by atoms with van der Waals surface area (Å²) in [6, 6.07) is 0. The highest BCUT2D eigenvalue weighted by Gasteiger charge is 2.24. The van der Waals surface area contributed by atoms with E-state index in [0.717, 1.165) is 5.01 Å². The topological polar surface area (TPSA) is 88.5 Å². The van der Waals surface area contributed by atoms with E-state index in [4.69, 9.17) is 9.84 Å². The molecule has 0 radical (unpaired) electrons. The van der Waals surface area contributed by atoms with Crippen molar-refractivity contribution >= 4 is 23.2 Å². The van der Waals surface area contributed by atoms with Crippen LogP contribution in [0.3, 0.4) is 0 Å². The quantitative estimate of drug-likeness (QED) is 0.862. The van der Waals surface area contributed by atoms with Crippen LogP contribution in [-0.4, -0.2) is 41.7 Å². The average molecular weight is 300 g/mol. The van der Waals surface area contributed by atoms with Crippen molar-refractivity contribution < 1.29 is 19.4 Å². The Hall–Kier alpha value is -1.47. The number of aromatic nitrogens is 1. The van der Waals surface area contributed by atoms with Crippen LogP contribution in [0.4, 0.5) is 0 Å². The Morgan fingerprint density at radius 2 is 2.05 bits per heavy atom. The monoisotopic (exact) mass is 300 g/mol. The van der Waals surface area contributed by atoms with E-state index >= 15 is 0 Å². The predicted octanol–water partition coefficient (Wildman–Crippen LogP) is 1.58. The Balaban J connectivity index is 2.78. The second-order valence-electron chi connectivity index (χ2n) is 5.46. The van der Waals surface area contributed by atoms with Crippen LogP contribution in [0, 0.1) is 6.92 Å². The highest BCUT2D eigenvalue weighted by atomic mass is 32.1. The summed E-state index contributed by atoms with van der Waals surface area (Å²) in [5.74, 6) is -1.43. The van der Waals surface area contributed by atoms with Crippen LogP contribution in [0.2, 0.25) is 0 Å². The number of nitrogens with zero attached hydrogens (tertiary/aromatic N) is 1. The number of methoxy groups -OCH3 is 1. The first-order chi connectivity index (χ1) is 9.16. The minimum absolute atomic E-state index is 0.0765. The molecule has 0 spiro atoms. The number of carbonyl (C=O) groups is 2. The van der Waals surface area contributed by atoms with Gasteiger partial charge in [0.1, 0.15) is 4.88 Å². The molecule has 1 rings (SSSR count). The van der Waals surface area contributed by atoms with E-state index in [9.17, 15) is 9.59 Å². The number of rotatable bonds is 5. The van der Waals surface area contributed by atoms with Crippen LogP contribution in [0.1, 0.15) is 41.1 Å². The van der Waals surface area contributed by atoms with Crippen LogP contribution in [0.5, 0.6) is 0 Å². The molecule has 0 aliphatic heterocycles. The molecule has 0 aromatic carbocycles. The summed E-state index contributed by atoms with van der Waals surface area (Å²) in [4.78, 5) is 27.8. The van der Waals surface area contributed by atoms with Crippen molar-refractivity contribution in [3.8, 4) is 0 Å². The van der Waals surface area contributed by atoms with E-state index in [1.165, 1.54) is 18.4 Å². The summed E-state index contributed by atoms with van der Waals surface area (Å²) >= 11 is 1.33. The van der Waals surface area contributed by atoms with Crippen molar-refractivity contribution in [2.45, 2.75) is 39.2 Å². The van der Waals surface area contributed by atoms with E-state index in [-0.39, 0.29) is 17.9 Å². The summed E-state index contributed by atoms with van der Waals surface area (Å²) in [7, 11) is 1.29. The smallest absolute Gasteiger partial charge is 0.334 e. The van der Waals surface area contributed by atoms with Crippen molar-refractivity contribution in [1.82, 2.24) is 10.3 Å². The summed E-state index contributed by atoms with van der Waals surface area (Å²) in [5.41, 5.74) is 0.533. The number of ether oxygens (including phenoxy) is 1. The maximum Gasteiger partial charge on any atom is 0.334 e. The molecule has 1 aromatic heterocycles. The number of nitrogens with one attached hydrogen (secondary N) is 1. The van der Waals surface area contributed by atoms with Crippen molar-refractivity contribution in [1.29, 1.82) is 0 Å². The van der Waals surface area contributed by atoms with Gasteiger partial charge < -0.3 is 15.2 Å². The second kappa shape index (κ2) is 6.32. The largest absolute Gasteiger partial charge is 0.479 e. The molecule has 2 N–H and O–H groups in total. The third kappa shape index (κ3) is 4.01. The van der Waals surface area contributed by atoms with Gasteiger partial charge in [-0.05, 0) is 6.92 Å². The molecule has 0 saturated heterocycles. The number of amides is 1. The first-order valence-corrected chi connectivity index (χ1v) is 7.00. The maximum absolute atomic E-state index is 12.1. The van der Waals surface area contributed by atoms with Crippen LogP contribution < -0.4 is 5.32 Å². The third-order valence-electron chi connectivity index (χ3n) is 2.65. The van der Waals surface area contributed by atoms with Gasteiger partial charge in [0.05, 0.1) is 17.2 Å². The molecule has 7 heteroatoms. The SMILES string of the molecule is COC(CNC(=O)c1sc(C(C)(C)C)nc1C)C(=O)O. The zero-order valence-corrected chi connectivity index (χ0v) is 13.1. The van der Waals surface area contributed by atoms with E-state index < -0.39 is 12.1 Å². The van der Waals surface area contributed by atoms with Crippen molar-refractivity contribution in [3.63, 3.8) is 0 Å². The molecule has 1 aromatic rings. The van der Waals surface area contributed by atoms with Gasteiger partial charge in [-0.1, -0.05) is 20.8 Å². The minimum Gasteiger partial charge on any atom is -0.479 e. The fourth-order valence-electron chi connectivity index (χ4n) is 1.47. The van der Waals surface area contributed by atoms with Gasteiger partial charge in [0.2, 0.25) is 0 Å². The van der Waals surface area contributed by atoms with Crippen LogP contribution in [0.25, 0.3) is 0 Å². The number of carbonyl (C=O) groups excluding carboxylic acids is 1. The van der Waals surface area contributed by atoms with E-state index in [1.807, 2.05) is 20.8 Å². The van der Waals surface area contributed by atoms with Crippen LogP contribution in [0.15, 0.2) is 0 Å². The number of hydrogen-bond donors (Lipinski definition) is 2. The Bertz CT molecular complexity index is 505. The molecule has 1 atom stereocenters. The van der Waals surface area contributed by atoms with Gasteiger partial charge in [0.25, 0.3) is 5.91 Å². The zero-order valence-electron chi connectivity index (χ0n) is 12.3. The summed E-state index contributed by atoms with van der Waals surface area (Å²) in [6.07, 6.45) is -1.05. The lowest BCUT2D eigenvalue weighted by Gasteiger charge is -2.13. The molecule has 0 fully saturated rings. The average Bonchev–Trinajstić information content (AvgIpc) is 2.71. The molecule has 6 nitrogen and oxygen atoms in total. The molecule has 112 valence electrons. The van der Waals surface area contributed by atoms with Gasteiger partial charge in [-0.25, -0.2) is 9.78 Å². The summed E-state index contributed by atoms with van der Waals surface area (Å²) in [6.45, 7) is 7.77. The van der Waals surface area contributed by atoms with Gasteiger partial charge in [-0.2, -0.15) is 0 Å². The Labute approximate surface area is 122 Å². The van der Waals surface area contributed by atoms with Gasteiger partial charge in [-0.3, -0.25) is 4.79 Å². The normalized spacial score (nSPS) is 13.1. The van der Waals surface area contributed by atoms with Gasteiger partial charge in [0.15, 0.2) is 6.10 Å². The van der Waals surface area contributed by atoms with Gasteiger partial charge in [-0.15, -0.1) is 11.3 Å². The number of aryl methyl sites for hydroxylation is 1. The van der Waals surface area contributed by atoms with Gasteiger partial charge >= 0.3 is 5.97 Å². The van der Waals surface area contributed by atoms with Crippen molar-refractivity contribution in [2.24, 2.45) is 0 Å². The van der Waals surface area contributed by atoms with Crippen molar-refractivity contribution in [2.75, 3.05) is 13.7 Å². The van der Waals surface area contributed by atoms with Crippen LogP contribution >= 0.6 is 11.3 Å². The lowest BCUT2D eigenvalue weighted by Crippen LogP contribution is -2.37. The molecule has 1 heterocycles. The minimum atomic E-state index is -1.11. The summed E-state index contributed by atoms with van der Waals surface area (Å²) < 4.78 is 4.76. The van der Waals surface area contributed by atoms with Crippen molar-refractivity contribution in [3.05, 3.63) is 15.6 Å². The van der Waals surface area contributed by atoms with E-state index in [1.54, 1.807) is 6.92 Å². The first kappa shape index (κ1) is 16.6. The summed E-state index contributed by atoms with van der Waals surface area (Å²) in [5, 5.41) is 12.3. The van der Waals surface area contributed by atoms with Gasteiger partial charge in [0, 0.05) is 12.5 Å². The molecule has 0 bridgehead atoms. The molecule has 20 heavy (non-hydrogen) atoms. The molecule has 1 amide bonds. The number of carboxylic acid groups (broad SMARTS) is 1.